The summed E-state index contributed by atoms with van der Waals surface area (Å²) >= 11 is 0. The summed E-state index contributed by atoms with van der Waals surface area (Å²) in [5.74, 6) is 2.40. The Balaban J connectivity index is 0.00000147. The van der Waals surface area contributed by atoms with E-state index in [9.17, 15) is 4.79 Å². The molecule has 0 radical (unpaired) electrons. The summed E-state index contributed by atoms with van der Waals surface area (Å²) in [4.78, 5) is 13.5. The number of primary amides is 1. The minimum atomic E-state index is -0.404. The van der Waals surface area contributed by atoms with Gasteiger partial charge in [0, 0.05) is 25.2 Å². The zero-order valence-electron chi connectivity index (χ0n) is 11.5. The molecule has 2 atom stereocenters. The van der Waals surface area contributed by atoms with Crippen molar-refractivity contribution in [2.45, 2.75) is 12.8 Å². The monoisotopic (exact) mass is 296 g/mol. The highest BCUT2D eigenvalue weighted by Gasteiger charge is 2.44. The number of hydrogen-bond donors (Lipinski definition) is 1. The smallest absolute Gasteiger partial charge is 0.248 e. The van der Waals surface area contributed by atoms with Crippen LogP contribution >= 0.6 is 12.4 Å². The van der Waals surface area contributed by atoms with E-state index in [0.717, 1.165) is 37.2 Å². The molecule has 110 valence electrons. The fraction of sp³-hybridized carbons (Fsp3) is 0.533. The zero-order valence-corrected chi connectivity index (χ0v) is 12.3. The van der Waals surface area contributed by atoms with Gasteiger partial charge in [0.25, 0.3) is 0 Å². The van der Waals surface area contributed by atoms with Crippen molar-refractivity contribution in [3.8, 4) is 5.75 Å². The summed E-state index contributed by atoms with van der Waals surface area (Å²) in [5.41, 5.74) is 5.70. The van der Waals surface area contributed by atoms with E-state index in [2.05, 4.69) is 4.90 Å². The molecule has 1 aromatic carbocycles. The minimum absolute atomic E-state index is 0. The van der Waals surface area contributed by atoms with E-state index in [-0.39, 0.29) is 12.4 Å². The summed E-state index contributed by atoms with van der Waals surface area (Å²) < 4.78 is 5.66. The molecule has 0 aromatic heterocycles. The molecule has 1 heterocycles. The van der Waals surface area contributed by atoms with E-state index in [1.54, 1.807) is 24.3 Å². The molecule has 2 aliphatic rings. The van der Waals surface area contributed by atoms with E-state index < -0.39 is 5.91 Å². The molecular formula is C15H21ClN2O2. The predicted molar refractivity (Wildman–Crippen MR) is 80.4 cm³/mol. The van der Waals surface area contributed by atoms with Crippen LogP contribution in [-0.2, 0) is 0 Å². The number of benzene rings is 1. The second-order valence-electron chi connectivity index (χ2n) is 5.61. The van der Waals surface area contributed by atoms with Gasteiger partial charge in [0.2, 0.25) is 5.91 Å². The Morgan fingerprint density at radius 2 is 1.90 bits per heavy atom. The number of rotatable bonds is 6. The van der Waals surface area contributed by atoms with E-state index in [1.165, 1.54) is 19.5 Å². The van der Waals surface area contributed by atoms with Crippen molar-refractivity contribution in [3.05, 3.63) is 29.8 Å². The third-order valence-corrected chi connectivity index (χ3v) is 4.08. The lowest BCUT2D eigenvalue weighted by Crippen LogP contribution is -2.25. The van der Waals surface area contributed by atoms with Gasteiger partial charge in [0.1, 0.15) is 5.75 Å². The maximum Gasteiger partial charge on any atom is 0.248 e. The fourth-order valence-electron chi connectivity index (χ4n) is 2.87. The standard InChI is InChI=1S/C15H20N2O2.ClH/c16-15(18)11-2-4-14(5-3-11)19-7-1-6-17-9-12-8-13(12)10-17;/h2-5,12-13H,1,6-10H2,(H2,16,18);1H/t12-,13+;. The molecule has 5 heteroatoms. The van der Waals surface area contributed by atoms with Gasteiger partial charge in [-0.05, 0) is 48.9 Å². The number of amides is 1. The number of fused-ring (bicyclic) bond motifs is 1. The molecule has 2 N–H and O–H groups in total. The zero-order chi connectivity index (χ0) is 13.2. The number of piperidine rings is 1. The molecule has 3 rings (SSSR count). The molecule has 4 nitrogen and oxygen atoms in total. The summed E-state index contributed by atoms with van der Waals surface area (Å²) in [6, 6.07) is 6.99. The van der Waals surface area contributed by atoms with Gasteiger partial charge >= 0.3 is 0 Å². The number of carbonyl (C=O) groups excluding carboxylic acids is 1. The molecular weight excluding hydrogens is 276 g/mol. The highest BCUT2D eigenvalue weighted by molar-refractivity contribution is 5.92. The van der Waals surface area contributed by atoms with Crippen molar-refractivity contribution in [2.24, 2.45) is 17.6 Å². The van der Waals surface area contributed by atoms with Crippen LogP contribution in [0.3, 0.4) is 0 Å². The molecule has 1 aliphatic heterocycles. The molecule has 1 aliphatic carbocycles. The minimum Gasteiger partial charge on any atom is -0.494 e. The molecule has 0 spiro atoms. The quantitative estimate of drug-likeness (QED) is 0.816. The highest BCUT2D eigenvalue weighted by atomic mass is 35.5. The largest absolute Gasteiger partial charge is 0.494 e. The number of halogens is 1. The first kappa shape index (κ1) is 15.1. The second kappa shape index (κ2) is 6.46. The Kier molecular flexibility index (Phi) is 4.89. The second-order valence-corrected chi connectivity index (χ2v) is 5.61. The number of nitrogens with zero attached hydrogens (tertiary/aromatic N) is 1. The van der Waals surface area contributed by atoms with Crippen molar-refractivity contribution < 1.29 is 9.53 Å². The van der Waals surface area contributed by atoms with Gasteiger partial charge < -0.3 is 15.4 Å². The average molecular weight is 297 g/mol. The first-order valence-electron chi connectivity index (χ1n) is 6.97. The van der Waals surface area contributed by atoms with E-state index in [1.807, 2.05) is 0 Å². The van der Waals surface area contributed by atoms with Crippen LogP contribution in [0.5, 0.6) is 5.75 Å². The van der Waals surface area contributed by atoms with Crippen LogP contribution in [-0.4, -0.2) is 37.0 Å². The van der Waals surface area contributed by atoms with Gasteiger partial charge in [-0.1, -0.05) is 0 Å². The van der Waals surface area contributed by atoms with Gasteiger partial charge in [-0.25, -0.2) is 0 Å². The Morgan fingerprint density at radius 3 is 2.50 bits per heavy atom. The third kappa shape index (κ3) is 3.64. The number of nitrogens with two attached hydrogens (primary N) is 1. The van der Waals surface area contributed by atoms with Crippen LogP contribution in [0, 0.1) is 11.8 Å². The highest BCUT2D eigenvalue weighted by Crippen LogP contribution is 2.44. The first-order chi connectivity index (χ1) is 9.22. The number of likely N-dealkylation sites (tertiary alicyclic amines) is 1. The SMILES string of the molecule is Cl.NC(=O)c1ccc(OCCCN2C[C@H]3C[C@H]3C2)cc1. The molecule has 1 aromatic rings. The van der Waals surface area contributed by atoms with Crippen LogP contribution in [0.1, 0.15) is 23.2 Å². The number of hydrogen-bond acceptors (Lipinski definition) is 3. The summed E-state index contributed by atoms with van der Waals surface area (Å²) in [6.45, 7) is 4.43. The summed E-state index contributed by atoms with van der Waals surface area (Å²) in [7, 11) is 0. The van der Waals surface area contributed by atoms with Crippen molar-refractivity contribution in [1.29, 1.82) is 0 Å². The van der Waals surface area contributed by atoms with Crippen molar-refractivity contribution in [3.63, 3.8) is 0 Å². The topological polar surface area (TPSA) is 55.6 Å². The van der Waals surface area contributed by atoms with Gasteiger partial charge in [-0.2, -0.15) is 0 Å². The van der Waals surface area contributed by atoms with Gasteiger partial charge in [-0.15, -0.1) is 12.4 Å². The Bertz CT molecular complexity index is 453. The fourth-order valence-corrected chi connectivity index (χ4v) is 2.87. The lowest BCUT2D eigenvalue weighted by molar-refractivity contribution is 0.100. The maximum atomic E-state index is 10.9. The Labute approximate surface area is 125 Å². The van der Waals surface area contributed by atoms with Gasteiger partial charge in [0.05, 0.1) is 6.61 Å². The van der Waals surface area contributed by atoms with Crippen LogP contribution in [0.15, 0.2) is 24.3 Å². The molecule has 1 saturated heterocycles. The Morgan fingerprint density at radius 1 is 1.25 bits per heavy atom. The van der Waals surface area contributed by atoms with Crippen molar-refractivity contribution in [1.82, 2.24) is 4.90 Å². The van der Waals surface area contributed by atoms with E-state index >= 15 is 0 Å². The van der Waals surface area contributed by atoms with Crippen molar-refractivity contribution >= 4 is 18.3 Å². The normalized spacial score (nSPS) is 23.8. The van der Waals surface area contributed by atoms with Crippen LogP contribution in [0.25, 0.3) is 0 Å². The Hall–Kier alpha value is -1.26. The van der Waals surface area contributed by atoms with E-state index in [0.29, 0.717) is 5.56 Å². The van der Waals surface area contributed by atoms with Crippen LogP contribution < -0.4 is 10.5 Å². The lowest BCUT2D eigenvalue weighted by Gasteiger charge is -2.17. The molecule has 1 saturated carbocycles. The molecule has 20 heavy (non-hydrogen) atoms. The molecule has 2 fully saturated rings. The molecule has 1 amide bonds. The van der Waals surface area contributed by atoms with Crippen molar-refractivity contribution in [2.75, 3.05) is 26.2 Å². The predicted octanol–water partition coefficient (Wildman–Crippen LogP) is 1.93. The summed E-state index contributed by atoms with van der Waals surface area (Å²) in [6.07, 6.45) is 2.51. The molecule has 0 unspecified atom stereocenters. The van der Waals surface area contributed by atoms with Gasteiger partial charge in [-0.3, -0.25) is 4.79 Å². The van der Waals surface area contributed by atoms with Crippen LogP contribution in [0.2, 0.25) is 0 Å². The molecule has 0 bridgehead atoms. The number of ether oxygens (including phenoxy) is 1. The number of carbonyl (C=O) groups is 1. The van der Waals surface area contributed by atoms with E-state index in [4.69, 9.17) is 10.5 Å². The average Bonchev–Trinajstić information content (AvgIpc) is 3.02. The van der Waals surface area contributed by atoms with Crippen LogP contribution in [0.4, 0.5) is 0 Å². The summed E-state index contributed by atoms with van der Waals surface area (Å²) in [5, 5.41) is 0. The first-order valence-corrected chi connectivity index (χ1v) is 6.97. The lowest BCUT2D eigenvalue weighted by atomic mass is 10.2. The third-order valence-electron chi connectivity index (χ3n) is 4.08. The van der Waals surface area contributed by atoms with Gasteiger partial charge in [0.15, 0.2) is 0 Å². The maximum absolute atomic E-state index is 10.9.